The molecule has 1 aliphatic heterocycles. The van der Waals surface area contributed by atoms with Crippen molar-refractivity contribution in [3.8, 4) is 0 Å². The van der Waals surface area contributed by atoms with Gasteiger partial charge in [0.05, 0.1) is 5.75 Å². The van der Waals surface area contributed by atoms with Crippen molar-refractivity contribution in [3.63, 3.8) is 0 Å². The van der Waals surface area contributed by atoms with Gasteiger partial charge in [0.1, 0.15) is 0 Å². The molecule has 0 aliphatic carbocycles. The molecular formula is C9H20ClN3O3S2. The quantitative estimate of drug-likeness (QED) is 0.672. The maximum Gasteiger partial charge on any atom is 0.221 e. The molecule has 1 amide bonds. The highest BCUT2D eigenvalue weighted by Gasteiger charge is 2.23. The second-order valence-corrected chi connectivity index (χ2v) is 7.03. The highest BCUT2D eigenvalue weighted by Crippen LogP contribution is 2.12. The predicted octanol–water partition coefficient (Wildman–Crippen LogP) is -0.748. The van der Waals surface area contributed by atoms with Crippen molar-refractivity contribution in [2.24, 2.45) is 5.73 Å². The molecule has 1 heterocycles. The number of carbonyl (C=O) groups excluding carboxylic acids is 1. The molecule has 1 fully saturated rings. The molecule has 0 bridgehead atoms. The minimum absolute atomic E-state index is 0. The number of halogens is 1. The van der Waals surface area contributed by atoms with Crippen LogP contribution >= 0.6 is 24.2 Å². The molecule has 0 atom stereocenters. The van der Waals surface area contributed by atoms with Crippen LogP contribution in [0.4, 0.5) is 0 Å². The van der Waals surface area contributed by atoms with Gasteiger partial charge in [-0.25, -0.2) is 12.7 Å². The highest BCUT2D eigenvalue weighted by molar-refractivity contribution is 7.99. The standard InChI is InChI=1S/C9H19N3O3S2.ClH/c10-2-1-9(13)11-3-8-17(14,15)12-4-6-16-7-5-12;/h1-8,10H2,(H,11,13);1H. The van der Waals surface area contributed by atoms with Crippen molar-refractivity contribution in [1.29, 1.82) is 0 Å². The average Bonchev–Trinajstić information content (AvgIpc) is 2.30. The van der Waals surface area contributed by atoms with E-state index in [1.807, 2.05) is 0 Å². The van der Waals surface area contributed by atoms with E-state index in [0.717, 1.165) is 11.5 Å². The number of amides is 1. The average molecular weight is 318 g/mol. The van der Waals surface area contributed by atoms with Gasteiger partial charge >= 0.3 is 0 Å². The van der Waals surface area contributed by atoms with E-state index < -0.39 is 10.0 Å². The Balaban J connectivity index is 0.00000289. The van der Waals surface area contributed by atoms with E-state index in [2.05, 4.69) is 5.32 Å². The zero-order valence-corrected chi connectivity index (χ0v) is 12.6. The molecule has 0 saturated carbocycles. The number of carbonyl (C=O) groups is 1. The lowest BCUT2D eigenvalue weighted by atomic mass is 10.4. The summed E-state index contributed by atoms with van der Waals surface area (Å²) in [6, 6.07) is 0. The summed E-state index contributed by atoms with van der Waals surface area (Å²) in [7, 11) is -3.22. The van der Waals surface area contributed by atoms with Crippen LogP contribution in [-0.2, 0) is 14.8 Å². The summed E-state index contributed by atoms with van der Waals surface area (Å²) in [4.78, 5) is 11.1. The predicted molar refractivity (Wildman–Crippen MR) is 76.6 cm³/mol. The Morgan fingerprint density at radius 2 is 1.94 bits per heavy atom. The number of nitrogens with two attached hydrogens (primary N) is 1. The van der Waals surface area contributed by atoms with Crippen LogP contribution in [-0.4, -0.2) is 62.1 Å². The van der Waals surface area contributed by atoms with Crippen molar-refractivity contribution in [1.82, 2.24) is 9.62 Å². The Bertz CT molecular complexity index is 345. The summed E-state index contributed by atoms with van der Waals surface area (Å²) in [5.74, 6) is 1.46. The van der Waals surface area contributed by atoms with Gasteiger partial charge in [0.2, 0.25) is 15.9 Å². The van der Waals surface area contributed by atoms with Gasteiger partial charge in [-0.05, 0) is 0 Å². The van der Waals surface area contributed by atoms with Gasteiger partial charge in [0.25, 0.3) is 0 Å². The van der Waals surface area contributed by atoms with Crippen LogP contribution in [0.2, 0.25) is 0 Å². The molecule has 108 valence electrons. The zero-order valence-electron chi connectivity index (χ0n) is 10.1. The SMILES string of the molecule is Cl.NCCC(=O)NCCS(=O)(=O)N1CCSCC1. The summed E-state index contributed by atoms with van der Waals surface area (Å²) in [5.41, 5.74) is 5.21. The largest absolute Gasteiger partial charge is 0.355 e. The van der Waals surface area contributed by atoms with E-state index in [9.17, 15) is 13.2 Å². The molecule has 0 aromatic carbocycles. The molecule has 9 heteroatoms. The second kappa shape index (κ2) is 8.98. The number of hydrogen-bond acceptors (Lipinski definition) is 5. The Morgan fingerprint density at radius 3 is 2.50 bits per heavy atom. The number of nitrogens with zero attached hydrogens (tertiary/aromatic N) is 1. The van der Waals surface area contributed by atoms with Gasteiger partial charge in [-0.1, -0.05) is 0 Å². The molecule has 6 nitrogen and oxygen atoms in total. The Labute approximate surface area is 119 Å². The molecule has 0 unspecified atom stereocenters. The van der Waals surface area contributed by atoms with Crippen LogP contribution < -0.4 is 11.1 Å². The summed E-state index contributed by atoms with van der Waals surface area (Å²) in [6.45, 7) is 1.58. The van der Waals surface area contributed by atoms with Crippen LogP contribution in [0.15, 0.2) is 0 Å². The van der Waals surface area contributed by atoms with Gasteiger partial charge in [0, 0.05) is 44.1 Å². The molecule has 0 radical (unpaired) electrons. The lowest BCUT2D eigenvalue weighted by Gasteiger charge is -2.25. The third-order valence-corrected chi connectivity index (χ3v) is 5.23. The van der Waals surface area contributed by atoms with E-state index >= 15 is 0 Å². The number of rotatable bonds is 6. The fraction of sp³-hybridized carbons (Fsp3) is 0.889. The topological polar surface area (TPSA) is 92.5 Å². The fourth-order valence-corrected chi connectivity index (χ4v) is 3.98. The van der Waals surface area contributed by atoms with Crippen LogP contribution in [0.25, 0.3) is 0 Å². The van der Waals surface area contributed by atoms with Crippen LogP contribution in [0.3, 0.4) is 0 Å². The second-order valence-electron chi connectivity index (χ2n) is 3.72. The number of hydrogen-bond donors (Lipinski definition) is 2. The Hall–Kier alpha value is -0.0200. The molecule has 0 spiro atoms. The van der Waals surface area contributed by atoms with Crippen molar-refractivity contribution in [2.75, 3.05) is 43.4 Å². The van der Waals surface area contributed by atoms with E-state index in [1.54, 1.807) is 11.8 Å². The molecule has 1 saturated heterocycles. The number of sulfonamides is 1. The molecule has 18 heavy (non-hydrogen) atoms. The van der Waals surface area contributed by atoms with E-state index in [-0.39, 0.29) is 43.6 Å². The zero-order chi connectivity index (χ0) is 12.7. The molecule has 3 N–H and O–H groups in total. The van der Waals surface area contributed by atoms with Gasteiger partial charge in [-0.2, -0.15) is 11.8 Å². The lowest BCUT2D eigenvalue weighted by molar-refractivity contribution is -0.120. The Kier molecular flexibility index (Phi) is 8.97. The van der Waals surface area contributed by atoms with Crippen LogP contribution in [0, 0.1) is 0 Å². The monoisotopic (exact) mass is 317 g/mol. The maximum absolute atomic E-state index is 11.9. The summed E-state index contributed by atoms with van der Waals surface area (Å²) in [5, 5.41) is 2.55. The minimum atomic E-state index is -3.22. The molecule has 1 aliphatic rings. The smallest absolute Gasteiger partial charge is 0.221 e. The van der Waals surface area contributed by atoms with Crippen molar-refractivity contribution >= 4 is 40.1 Å². The van der Waals surface area contributed by atoms with Gasteiger partial charge in [-0.3, -0.25) is 4.79 Å². The van der Waals surface area contributed by atoms with Crippen LogP contribution in [0.1, 0.15) is 6.42 Å². The van der Waals surface area contributed by atoms with Crippen molar-refractivity contribution in [3.05, 3.63) is 0 Å². The summed E-state index contributed by atoms with van der Waals surface area (Å²) < 4.78 is 25.2. The van der Waals surface area contributed by atoms with Crippen molar-refractivity contribution in [2.45, 2.75) is 6.42 Å². The first-order valence-corrected chi connectivity index (χ1v) is 8.35. The van der Waals surface area contributed by atoms with E-state index in [1.165, 1.54) is 4.31 Å². The van der Waals surface area contributed by atoms with Gasteiger partial charge < -0.3 is 11.1 Å². The lowest BCUT2D eigenvalue weighted by Crippen LogP contribution is -2.42. The molecule has 1 rings (SSSR count). The van der Waals surface area contributed by atoms with Crippen molar-refractivity contribution < 1.29 is 13.2 Å². The van der Waals surface area contributed by atoms with Crippen LogP contribution in [0.5, 0.6) is 0 Å². The summed E-state index contributed by atoms with van der Waals surface area (Å²) >= 11 is 1.76. The first-order chi connectivity index (χ1) is 8.06. The van der Waals surface area contributed by atoms with Gasteiger partial charge in [-0.15, -0.1) is 12.4 Å². The minimum Gasteiger partial charge on any atom is -0.355 e. The maximum atomic E-state index is 11.9. The normalized spacial score (nSPS) is 16.9. The van der Waals surface area contributed by atoms with E-state index in [4.69, 9.17) is 5.73 Å². The molecule has 0 aromatic heterocycles. The first-order valence-electron chi connectivity index (χ1n) is 5.58. The van der Waals surface area contributed by atoms with Gasteiger partial charge in [0.15, 0.2) is 0 Å². The first kappa shape index (κ1) is 18.0. The summed E-state index contributed by atoms with van der Waals surface area (Å²) in [6.07, 6.45) is 0.237. The number of nitrogens with one attached hydrogen (secondary N) is 1. The molecular weight excluding hydrogens is 298 g/mol. The third-order valence-electron chi connectivity index (χ3n) is 2.42. The highest BCUT2D eigenvalue weighted by atomic mass is 35.5. The molecule has 0 aromatic rings. The fourth-order valence-electron chi connectivity index (χ4n) is 1.49. The third kappa shape index (κ3) is 6.24. The van der Waals surface area contributed by atoms with E-state index in [0.29, 0.717) is 13.1 Å². The Morgan fingerprint density at radius 1 is 1.33 bits per heavy atom. The number of thioether (sulfide) groups is 1.